The zero-order valence-corrected chi connectivity index (χ0v) is 11.7. The zero-order valence-electron chi connectivity index (χ0n) is 11.0. The summed E-state index contributed by atoms with van der Waals surface area (Å²) < 4.78 is 45.3. The molecule has 0 aliphatic heterocycles. The molecule has 21 heavy (non-hydrogen) atoms. The fraction of sp³-hybridized carbons (Fsp3) is 0.200. The van der Waals surface area contributed by atoms with Gasteiger partial charge in [-0.1, -0.05) is 35.9 Å². The second-order valence-corrected chi connectivity index (χ2v) is 4.88. The number of rotatable bonds is 3. The Kier molecular flexibility index (Phi) is 4.16. The lowest BCUT2D eigenvalue weighted by Gasteiger charge is -2.31. The molecule has 2 nitrogen and oxygen atoms in total. The molecule has 0 aliphatic rings. The highest BCUT2D eigenvalue weighted by Gasteiger charge is 2.56. The molecular formula is C15H12ClF3O2. The Morgan fingerprint density at radius 3 is 2.10 bits per heavy atom. The smallest absolute Gasteiger partial charge is 0.425 e. The molecule has 0 aromatic heterocycles. The number of aliphatic hydroxyl groups is 1. The normalized spacial score (nSPS) is 14.6. The van der Waals surface area contributed by atoms with Crippen molar-refractivity contribution in [1.29, 1.82) is 0 Å². The number of alkyl halides is 3. The van der Waals surface area contributed by atoms with Crippen LogP contribution < -0.4 is 4.74 Å². The summed E-state index contributed by atoms with van der Waals surface area (Å²) in [6, 6.07) is 10.1. The lowest BCUT2D eigenvalue weighted by molar-refractivity contribution is -0.248. The fourth-order valence-electron chi connectivity index (χ4n) is 2.04. The summed E-state index contributed by atoms with van der Waals surface area (Å²) in [5.74, 6) is 0.398. The van der Waals surface area contributed by atoms with Crippen molar-refractivity contribution in [2.45, 2.75) is 11.8 Å². The van der Waals surface area contributed by atoms with Crippen LogP contribution in [0, 0.1) is 0 Å². The van der Waals surface area contributed by atoms with E-state index in [2.05, 4.69) is 0 Å². The van der Waals surface area contributed by atoms with Gasteiger partial charge in [-0.25, -0.2) is 0 Å². The van der Waals surface area contributed by atoms with Gasteiger partial charge in [0.2, 0.25) is 5.60 Å². The molecule has 112 valence electrons. The predicted molar refractivity (Wildman–Crippen MR) is 73.5 cm³/mol. The Balaban J connectivity index is 2.61. The van der Waals surface area contributed by atoms with E-state index in [9.17, 15) is 18.3 Å². The van der Waals surface area contributed by atoms with Crippen LogP contribution in [0.5, 0.6) is 5.75 Å². The highest BCUT2D eigenvalue weighted by atomic mass is 35.5. The maximum Gasteiger partial charge on any atom is 0.425 e. The largest absolute Gasteiger partial charge is 0.497 e. The molecule has 0 saturated heterocycles. The molecule has 0 bridgehead atoms. The van der Waals surface area contributed by atoms with Crippen LogP contribution in [0.4, 0.5) is 13.2 Å². The fourth-order valence-corrected chi connectivity index (χ4v) is 2.23. The van der Waals surface area contributed by atoms with Gasteiger partial charge in [-0.15, -0.1) is 0 Å². The molecule has 0 spiro atoms. The van der Waals surface area contributed by atoms with E-state index in [1.54, 1.807) is 0 Å². The first kappa shape index (κ1) is 15.7. The van der Waals surface area contributed by atoms with Crippen molar-refractivity contribution < 1.29 is 23.0 Å². The third-order valence-corrected chi connectivity index (χ3v) is 3.40. The summed E-state index contributed by atoms with van der Waals surface area (Å²) in [7, 11) is 1.40. The van der Waals surface area contributed by atoms with Crippen molar-refractivity contribution in [2.75, 3.05) is 7.11 Å². The van der Waals surface area contributed by atoms with E-state index in [0.29, 0.717) is 5.75 Å². The minimum Gasteiger partial charge on any atom is -0.497 e. The Bertz CT molecular complexity index is 626. The van der Waals surface area contributed by atoms with Crippen LogP contribution >= 0.6 is 11.6 Å². The number of ether oxygens (including phenoxy) is 1. The topological polar surface area (TPSA) is 29.5 Å². The quantitative estimate of drug-likeness (QED) is 0.922. The van der Waals surface area contributed by atoms with Crippen molar-refractivity contribution in [3.63, 3.8) is 0 Å². The molecule has 0 radical (unpaired) electrons. The van der Waals surface area contributed by atoms with Crippen molar-refractivity contribution >= 4 is 11.6 Å². The highest BCUT2D eigenvalue weighted by Crippen LogP contribution is 2.44. The molecular weight excluding hydrogens is 305 g/mol. The van der Waals surface area contributed by atoms with Gasteiger partial charge in [0.1, 0.15) is 5.75 Å². The number of hydrogen-bond donors (Lipinski definition) is 1. The number of halogens is 4. The van der Waals surface area contributed by atoms with E-state index in [4.69, 9.17) is 16.3 Å². The summed E-state index contributed by atoms with van der Waals surface area (Å²) in [6.07, 6.45) is -4.90. The van der Waals surface area contributed by atoms with Gasteiger partial charge in [-0.2, -0.15) is 13.2 Å². The Morgan fingerprint density at radius 2 is 1.62 bits per heavy atom. The van der Waals surface area contributed by atoms with Crippen LogP contribution in [0.15, 0.2) is 48.5 Å². The summed E-state index contributed by atoms with van der Waals surface area (Å²) in [6.45, 7) is 0. The first-order chi connectivity index (χ1) is 9.79. The Hall–Kier alpha value is -1.72. The van der Waals surface area contributed by atoms with Crippen LogP contribution in [0.25, 0.3) is 0 Å². The first-order valence-corrected chi connectivity index (χ1v) is 6.36. The SMILES string of the molecule is COc1ccc(C(O)(c2cccc(Cl)c2)C(F)(F)F)cc1. The Morgan fingerprint density at radius 1 is 1.00 bits per heavy atom. The van der Waals surface area contributed by atoms with Crippen molar-refractivity contribution in [2.24, 2.45) is 0 Å². The number of benzene rings is 2. The number of methoxy groups -OCH3 is 1. The van der Waals surface area contributed by atoms with E-state index >= 15 is 0 Å². The van der Waals surface area contributed by atoms with Gasteiger partial charge in [-0.3, -0.25) is 0 Å². The number of hydrogen-bond acceptors (Lipinski definition) is 2. The molecule has 0 aliphatic carbocycles. The van der Waals surface area contributed by atoms with Crippen LogP contribution in [-0.4, -0.2) is 18.4 Å². The molecule has 2 aromatic rings. The third-order valence-electron chi connectivity index (χ3n) is 3.16. The first-order valence-electron chi connectivity index (χ1n) is 5.98. The van der Waals surface area contributed by atoms with Gasteiger partial charge in [0.05, 0.1) is 7.11 Å². The van der Waals surface area contributed by atoms with E-state index in [0.717, 1.165) is 6.07 Å². The summed E-state index contributed by atoms with van der Waals surface area (Å²) >= 11 is 5.74. The molecule has 0 fully saturated rings. The lowest BCUT2D eigenvalue weighted by atomic mass is 9.85. The molecule has 2 aromatic carbocycles. The molecule has 1 unspecified atom stereocenters. The van der Waals surface area contributed by atoms with E-state index in [1.165, 1.54) is 49.6 Å². The van der Waals surface area contributed by atoms with Crippen molar-refractivity contribution in [3.05, 3.63) is 64.7 Å². The maximum absolute atomic E-state index is 13.5. The van der Waals surface area contributed by atoms with Gasteiger partial charge >= 0.3 is 6.18 Å². The average Bonchev–Trinajstić information content (AvgIpc) is 2.45. The van der Waals surface area contributed by atoms with Gasteiger partial charge in [0.15, 0.2) is 0 Å². The van der Waals surface area contributed by atoms with E-state index in [1.807, 2.05) is 0 Å². The molecule has 0 amide bonds. The van der Waals surface area contributed by atoms with Gasteiger partial charge in [0, 0.05) is 5.02 Å². The van der Waals surface area contributed by atoms with Crippen LogP contribution in [0.2, 0.25) is 5.02 Å². The monoisotopic (exact) mass is 316 g/mol. The second-order valence-electron chi connectivity index (χ2n) is 4.45. The zero-order chi connectivity index (χ0) is 15.7. The minimum atomic E-state index is -4.90. The third kappa shape index (κ3) is 2.84. The van der Waals surface area contributed by atoms with E-state index < -0.39 is 11.8 Å². The van der Waals surface area contributed by atoms with E-state index in [-0.39, 0.29) is 16.1 Å². The van der Waals surface area contributed by atoms with Gasteiger partial charge in [0.25, 0.3) is 0 Å². The average molecular weight is 317 g/mol. The van der Waals surface area contributed by atoms with Crippen molar-refractivity contribution in [1.82, 2.24) is 0 Å². The van der Waals surface area contributed by atoms with Gasteiger partial charge in [-0.05, 0) is 35.4 Å². The van der Waals surface area contributed by atoms with Crippen LogP contribution in [0.1, 0.15) is 11.1 Å². The lowest BCUT2D eigenvalue weighted by Crippen LogP contribution is -2.43. The molecule has 0 saturated carbocycles. The minimum absolute atomic E-state index is 0.115. The van der Waals surface area contributed by atoms with Crippen LogP contribution in [0.3, 0.4) is 0 Å². The summed E-state index contributed by atoms with van der Waals surface area (Å²) in [5, 5.41) is 10.5. The molecule has 6 heteroatoms. The standard InChI is InChI=1S/C15H12ClF3O2/c1-21-13-7-5-10(6-8-13)14(20,15(17,18)19)11-3-2-4-12(16)9-11/h2-9,20H,1H3. The predicted octanol–water partition coefficient (Wildman–Crippen LogP) is 4.15. The molecule has 1 N–H and O–H groups in total. The van der Waals surface area contributed by atoms with Crippen LogP contribution in [-0.2, 0) is 5.60 Å². The molecule has 1 atom stereocenters. The summed E-state index contributed by atoms with van der Waals surface area (Å²) in [5.41, 5.74) is -3.78. The maximum atomic E-state index is 13.5. The molecule has 2 rings (SSSR count). The van der Waals surface area contributed by atoms with Gasteiger partial charge < -0.3 is 9.84 Å². The highest BCUT2D eigenvalue weighted by molar-refractivity contribution is 6.30. The Labute approximate surface area is 124 Å². The van der Waals surface area contributed by atoms with Crippen molar-refractivity contribution in [3.8, 4) is 5.75 Å². The molecule has 0 heterocycles. The summed E-state index contributed by atoms with van der Waals surface area (Å²) in [4.78, 5) is 0. The second kappa shape index (κ2) is 5.58.